The third kappa shape index (κ3) is 8.54. The summed E-state index contributed by atoms with van der Waals surface area (Å²) in [6.07, 6.45) is 0.350. The first-order chi connectivity index (χ1) is 9.13. The lowest BCUT2D eigenvalue weighted by molar-refractivity contribution is -0.188. The Bertz CT molecular complexity index is 276. The van der Waals surface area contributed by atoms with Crippen LogP contribution in [-0.4, -0.2) is 29.6 Å². The molecule has 120 valence electrons. The number of esters is 1. The first kappa shape index (κ1) is 19.4. The largest absolute Gasteiger partial charge is 0.462 e. The molecule has 4 heteroatoms. The maximum absolute atomic E-state index is 11.9. The highest BCUT2D eigenvalue weighted by atomic mass is 16.6. The summed E-state index contributed by atoms with van der Waals surface area (Å²) in [5.74, 6) is -0.104. The molecule has 4 nitrogen and oxygen atoms in total. The SMILES string of the molecule is CC(C)CC(C)OC(=O)C(C)C(O)OC(C)CC(C)C. The van der Waals surface area contributed by atoms with Crippen LogP contribution in [-0.2, 0) is 14.3 Å². The van der Waals surface area contributed by atoms with Crippen LogP contribution in [0.15, 0.2) is 0 Å². The van der Waals surface area contributed by atoms with Crippen LogP contribution in [0.3, 0.4) is 0 Å². The van der Waals surface area contributed by atoms with Crippen molar-refractivity contribution in [1.29, 1.82) is 0 Å². The van der Waals surface area contributed by atoms with Crippen molar-refractivity contribution < 1.29 is 19.4 Å². The number of ether oxygens (including phenoxy) is 2. The zero-order chi connectivity index (χ0) is 15.9. The molecule has 0 fully saturated rings. The van der Waals surface area contributed by atoms with Crippen molar-refractivity contribution in [2.75, 3.05) is 0 Å². The summed E-state index contributed by atoms with van der Waals surface area (Å²) in [7, 11) is 0. The number of hydrogen-bond acceptors (Lipinski definition) is 4. The van der Waals surface area contributed by atoms with Gasteiger partial charge in [-0.2, -0.15) is 0 Å². The molecule has 0 aromatic heterocycles. The van der Waals surface area contributed by atoms with Gasteiger partial charge in [-0.25, -0.2) is 0 Å². The molecule has 0 saturated carbocycles. The molecule has 0 saturated heterocycles. The number of hydrogen-bond donors (Lipinski definition) is 1. The second-order valence-corrected chi connectivity index (χ2v) is 6.63. The van der Waals surface area contributed by atoms with E-state index in [0.29, 0.717) is 11.8 Å². The van der Waals surface area contributed by atoms with Gasteiger partial charge in [0, 0.05) is 0 Å². The minimum absolute atomic E-state index is 0.0756. The highest BCUT2D eigenvalue weighted by Crippen LogP contribution is 2.16. The van der Waals surface area contributed by atoms with E-state index in [0.717, 1.165) is 12.8 Å². The normalized spacial score (nSPS) is 17.9. The third-order valence-corrected chi connectivity index (χ3v) is 3.10. The smallest absolute Gasteiger partial charge is 0.314 e. The molecule has 0 aliphatic carbocycles. The van der Waals surface area contributed by atoms with Gasteiger partial charge in [0.15, 0.2) is 6.29 Å². The van der Waals surface area contributed by atoms with Gasteiger partial charge in [-0.05, 0) is 45.4 Å². The molecule has 0 bridgehead atoms. The fourth-order valence-corrected chi connectivity index (χ4v) is 2.21. The van der Waals surface area contributed by atoms with Crippen molar-refractivity contribution in [2.45, 2.75) is 79.8 Å². The molecule has 0 radical (unpaired) electrons. The lowest BCUT2D eigenvalue weighted by atomic mass is 10.1. The predicted molar refractivity (Wildman–Crippen MR) is 80.2 cm³/mol. The van der Waals surface area contributed by atoms with E-state index in [9.17, 15) is 9.90 Å². The summed E-state index contributed by atoms with van der Waals surface area (Å²) < 4.78 is 10.8. The van der Waals surface area contributed by atoms with Crippen LogP contribution in [0.2, 0.25) is 0 Å². The molecule has 0 rings (SSSR count). The molecular formula is C16H32O4. The molecule has 0 aromatic rings. The Kier molecular flexibility index (Phi) is 9.06. The van der Waals surface area contributed by atoms with E-state index < -0.39 is 18.2 Å². The monoisotopic (exact) mass is 288 g/mol. The van der Waals surface area contributed by atoms with Crippen LogP contribution < -0.4 is 0 Å². The minimum atomic E-state index is -1.11. The van der Waals surface area contributed by atoms with E-state index in [4.69, 9.17) is 9.47 Å². The van der Waals surface area contributed by atoms with Crippen molar-refractivity contribution in [3.8, 4) is 0 Å². The number of carbonyl (C=O) groups excluding carboxylic acids is 1. The Hall–Kier alpha value is -0.610. The standard InChI is InChI=1S/C16H32O4/c1-10(2)8-12(5)19-15(17)14(7)16(18)20-13(6)9-11(3)4/h10-15,17H,8-9H2,1-7H3. The van der Waals surface area contributed by atoms with Gasteiger partial charge in [-0.15, -0.1) is 0 Å². The van der Waals surface area contributed by atoms with Gasteiger partial charge in [0.1, 0.15) is 5.92 Å². The van der Waals surface area contributed by atoms with E-state index >= 15 is 0 Å². The quantitative estimate of drug-likeness (QED) is 0.522. The fourth-order valence-electron chi connectivity index (χ4n) is 2.21. The Labute approximate surface area is 123 Å². The number of aliphatic hydroxyl groups excluding tert-OH is 1. The topological polar surface area (TPSA) is 55.8 Å². The lowest BCUT2D eigenvalue weighted by Crippen LogP contribution is -2.34. The average molecular weight is 288 g/mol. The highest BCUT2D eigenvalue weighted by molar-refractivity contribution is 5.72. The van der Waals surface area contributed by atoms with Crippen LogP contribution in [0.25, 0.3) is 0 Å². The lowest BCUT2D eigenvalue weighted by Gasteiger charge is -2.24. The molecule has 0 heterocycles. The van der Waals surface area contributed by atoms with Crippen molar-refractivity contribution in [2.24, 2.45) is 17.8 Å². The second-order valence-electron chi connectivity index (χ2n) is 6.63. The first-order valence-electron chi connectivity index (χ1n) is 7.67. The summed E-state index contributed by atoms with van der Waals surface area (Å²) in [5, 5.41) is 9.94. The highest BCUT2D eigenvalue weighted by Gasteiger charge is 2.27. The molecule has 0 aromatic carbocycles. The Morgan fingerprint density at radius 3 is 1.80 bits per heavy atom. The Morgan fingerprint density at radius 1 is 0.900 bits per heavy atom. The molecular weight excluding hydrogens is 256 g/mol. The van der Waals surface area contributed by atoms with Crippen LogP contribution in [0.5, 0.6) is 0 Å². The second kappa shape index (κ2) is 9.35. The van der Waals surface area contributed by atoms with Crippen LogP contribution in [0.4, 0.5) is 0 Å². The third-order valence-electron chi connectivity index (χ3n) is 3.10. The summed E-state index contributed by atoms with van der Waals surface area (Å²) in [6.45, 7) is 13.8. The Morgan fingerprint density at radius 2 is 1.35 bits per heavy atom. The number of carbonyl (C=O) groups is 1. The van der Waals surface area contributed by atoms with E-state index in [1.54, 1.807) is 6.92 Å². The first-order valence-corrected chi connectivity index (χ1v) is 7.67. The van der Waals surface area contributed by atoms with Gasteiger partial charge in [-0.3, -0.25) is 4.79 Å². The van der Waals surface area contributed by atoms with Gasteiger partial charge in [0.25, 0.3) is 0 Å². The zero-order valence-corrected chi connectivity index (χ0v) is 14.1. The van der Waals surface area contributed by atoms with Crippen molar-refractivity contribution in [1.82, 2.24) is 0 Å². The van der Waals surface area contributed by atoms with E-state index in [1.807, 2.05) is 13.8 Å². The summed E-state index contributed by atoms with van der Waals surface area (Å²) in [5.41, 5.74) is 0. The molecule has 0 amide bonds. The zero-order valence-electron chi connectivity index (χ0n) is 14.1. The van der Waals surface area contributed by atoms with Crippen LogP contribution in [0, 0.1) is 17.8 Å². The van der Waals surface area contributed by atoms with E-state index in [1.165, 1.54) is 0 Å². The maximum Gasteiger partial charge on any atom is 0.314 e. The van der Waals surface area contributed by atoms with Crippen LogP contribution in [0.1, 0.15) is 61.3 Å². The predicted octanol–water partition coefficient (Wildman–Crippen LogP) is 3.37. The van der Waals surface area contributed by atoms with E-state index in [-0.39, 0.29) is 12.2 Å². The van der Waals surface area contributed by atoms with Crippen molar-refractivity contribution in [3.63, 3.8) is 0 Å². The van der Waals surface area contributed by atoms with Gasteiger partial charge in [-0.1, -0.05) is 27.7 Å². The molecule has 1 N–H and O–H groups in total. The van der Waals surface area contributed by atoms with Gasteiger partial charge >= 0.3 is 5.97 Å². The molecule has 20 heavy (non-hydrogen) atoms. The number of rotatable bonds is 9. The maximum atomic E-state index is 11.9. The molecule has 0 aliphatic rings. The van der Waals surface area contributed by atoms with Gasteiger partial charge < -0.3 is 14.6 Å². The molecule has 4 atom stereocenters. The van der Waals surface area contributed by atoms with Crippen LogP contribution >= 0.6 is 0 Å². The summed E-state index contributed by atoms with van der Waals surface area (Å²) in [4.78, 5) is 11.9. The fraction of sp³-hybridized carbons (Fsp3) is 0.938. The number of aliphatic hydroxyl groups is 1. The molecule has 0 aliphatic heterocycles. The average Bonchev–Trinajstić information content (AvgIpc) is 2.24. The summed E-state index contributed by atoms with van der Waals surface area (Å²) >= 11 is 0. The van der Waals surface area contributed by atoms with E-state index in [2.05, 4.69) is 27.7 Å². The minimum Gasteiger partial charge on any atom is -0.462 e. The Balaban J connectivity index is 4.21. The van der Waals surface area contributed by atoms with Crippen molar-refractivity contribution >= 4 is 5.97 Å². The summed E-state index contributed by atoms with van der Waals surface area (Å²) in [6, 6.07) is 0. The van der Waals surface area contributed by atoms with Gasteiger partial charge in [0.05, 0.1) is 12.2 Å². The molecule has 4 unspecified atom stereocenters. The molecule has 0 spiro atoms. The van der Waals surface area contributed by atoms with Crippen molar-refractivity contribution in [3.05, 3.63) is 0 Å². The van der Waals surface area contributed by atoms with Gasteiger partial charge in [0.2, 0.25) is 0 Å².